The number of aromatic nitrogens is 4. The Labute approximate surface area is 115 Å². The second-order valence-corrected chi connectivity index (χ2v) is 4.80. The SMILES string of the molecule is CC(Cn1c(N)nc2[nH]cnc2c1=O)c1ccccc1. The zero-order chi connectivity index (χ0) is 14.1. The molecule has 0 aliphatic carbocycles. The summed E-state index contributed by atoms with van der Waals surface area (Å²) in [6.45, 7) is 2.53. The van der Waals surface area contributed by atoms with Crippen molar-refractivity contribution >= 4 is 17.1 Å². The summed E-state index contributed by atoms with van der Waals surface area (Å²) in [5.74, 6) is 0.365. The van der Waals surface area contributed by atoms with Gasteiger partial charge in [0, 0.05) is 6.54 Å². The van der Waals surface area contributed by atoms with Crippen LogP contribution in [0.1, 0.15) is 18.4 Å². The number of nitrogens with zero attached hydrogens (tertiary/aromatic N) is 3. The van der Waals surface area contributed by atoms with Crippen LogP contribution in [0.3, 0.4) is 0 Å². The van der Waals surface area contributed by atoms with E-state index < -0.39 is 0 Å². The van der Waals surface area contributed by atoms with Crippen molar-refractivity contribution in [3.63, 3.8) is 0 Å². The highest BCUT2D eigenvalue weighted by Crippen LogP contribution is 2.17. The minimum atomic E-state index is -0.212. The maximum Gasteiger partial charge on any atom is 0.283 e. The minimum Gasteiger partial charge on any atom is -0.369 e. The van der Waals surface area contributed by atoms with E-state index in [0.29, 0.717) is 17.7 Å². The highest BCUT2D eigenvalue weighted by molar-refractivity contribution is 5.69. The molecular weight excluding hydrogens is 254 g/mol. The monoisotopic (exact) mass is 269 g/mol. The molecule has 6 heteroatoms. The lowest BCUT2D eigenvalue weighted by atomic mass is 10.0. The zero-order valence-corrected chi connectivity index (χ0v) is 11.1. The third-order valence-electron chi connectivity index (χ3n) is 3.39. The average Bonchev–Trinajstić information content (AvgIpc) is 2.92. The van der Waals surface area contributed by atoms with Crippen LogP contribution in [0.2, 0.25) is 0 Å². The maximum atomic E-state index is 12.3. The smallest absolute Gasteiger partial charge is 0.283 e. The largest absolute Gasteiger partial charge is 0.369 e. The van der Waals surface area contributed by atoms with E-state index in [4.69, 9.17) is 5.73 Å². The number of nitrogen functional groups attached to an aromatic ring is 1. The molecule has 0 bridgehead atoms. The summed E-state index contributed by atoms with van der Waals surface area (Å²) < 4.78 is 1.47. The number of rotatable bonds is 3. The van der Waals surface area contributed by atoms with Crippen LogP contribution in [-0.4, -0.2) is 19.5 Å². The van der Waals surface area contributed by atoms with Crippen LogP contribution in [0.4, 0.5) is 5.95 Å². The predicted octanol–water partition coefficient (Wildman–Crippen LogP) is 1.51. The fraction of sp³-hybridized carbons (Fsp3) is 0.214. The van der Waals surface area contributed by atoms with Crippen molar-refractivity contribution in [2.45, 2.75) is 19.4 Å². The van der Waals surface area contributed by atoms with E-state index in [-0.39, 0.29) is 17.4 Å². The molecule has 0 saturated heterocycles. The summed E-state index contributed by atoms with van der Waals surface area (Å²) in [5.41, 5.74) is 7.57. The molecule has 3 aromatic rings. The highest BCUT2D eigenvalue weighted by atomic mass is 16.1. The summed E-state index contributed by atoms with van der Waals surface area (Å²) in [4.78, 5) is 23.3. The lowest BCUT2D eigenvalue weighted by molar-refractivity contribution is 0.584. The Kier molecular flexibility index (Phi) is 2.98. The van der Waals surface area contributed by atoms with Crippen LogP contribution >= 0.6 is 0 Å². The topological polar surface area (TPSA) is 89.6 Å². The van der Waals surface area contributed by atoms with Crippen molar-refractivity contribution in [1.29, 1.82) is 0 Å². The van der Waals surface area contributed by atoms with Gasteiger partial charge in [0.05, 0.1) is 6.33 Å². The molecule has 0 amide bonds. The number of benzene rings is 1. The van der Waals surface area contributed by atoms with Crippen LogP contribution in [0.25, 0.3) is 11.2 Å². The Morgan fingerprint density at radius 3 is 2.85 bits per heavy atom. The first-order chi connectivity index (χ1) is 9.66. The van der Waals surface area contributed by atoms with Crippen molar-refractivity contribution in [2.75, 3.05) is 5.73 Å². The van der Waals surface area contributed by atoms with E-state index in [0.717, 1.165) is 5.56 Å². The van der Waals surface area contributed by atoms with Crippen molar-refractivity contribution in [2.24, 2.45) is 0 Å². The molecule has 20 heavy (non-hydrogen) atoms. The molecule has 2 aromatic heterocycles. The van der Waals surface area contributed by atoms with E-state index in [1.807, 2.05) is 30.3 Å². The van der Waals surface area contributed by atoms with Gasteiger partial charge in [-0.05, 0) is 11.5 Å². The van der Waals surface area contributed by atoms with Gasteiger partial charge in [-0.25, -0.2) is 4.98 Å². The summed E-state index contributed by atoms with van der Waals surface area (Å²) in [5, 5.41) is 0. The van der Waals surface area contributed by atoms with E-state index in [1.54, 1.807) is 0 Å². The summed E-state index contributed by atoms with van der Waals surface area (Å²) in [7, 11) is 0. The number of anilines is 1. The molecule has 1 aromatic carbocycles. The predicted molar refractivity (Wildman–Crippen MR) is 77.4 cm³/mol. The molecule has 6 nitrogen and oxygen atoms in total. The van der Waals surface area contributed by atoms with E-state index in [9.17, 15) is 4.79 Å². The molecule has 3 N–H and O–H groups in total. The Balaban J connectivity index is 2.00. The third kappa shape index (κ3) is 2.05. The Bertz CT molecular complexity index is 790. The molecule has 1 unspecified atom stereocenters. The number of nitrogens with one attached hydrogen (secondary N) is 1. The standard InChI is InChI=1S/C14H15N5O/c1-9(10-5-3-2-4-6-10)7-19-13(20)11-12(17-8-16-11)18-14(19)15/h2-6,8-9H,7H2,1H3,(H2,15,18)(H,16,17). The van der Waals surface area contributed by atoms with Crippen LogP contribution < -0.4 is 11.3 Å². The first kappa shape index (κ1) is 12.4. The summed E-state index contributed by atoms with van der Waals surface area (Å²) in [6, 6.07) is 9.99. The maximum absolute atomic E-state index is 12.3. The molecule has 2 heterocycles. The molecule has 1 atom stereocenters. The van der Waals surface area contributed by atoms with Crippen molar-refractivity contribution in [1.82, 2.24) is 19.5 Å². The lowest BCUT2D eigenvalue weighted by Crippen LogP contribution is -2.26. The minimum absolute atomic E-state index is 0.161. The van der Waals surface area contributed by atoms with Gasteiger partial charge < -0.3 is 10.7 Å². The summed E-state index contributed by atoms with van der Waals surface area (Å²) >= 11 is 0. The van der Waals surface area contributed by atoms with Gasteiger partial charge >= 0.3 is 0 Å². The van der Waals surface area contributed by atoms with Gasteiger partial charge in [-0.3, -0.25) is 9.36 Å². The second kappa shape index (κ2) is 4.80. The molecule has 0 spiro atoms. The molecule has 0 fully saturated rings. The van der Waals surface area contributed by atoms with Crippen LogP contribution in [0, 0.1) is 0 Å². The van der Waals surface area contributed by atoms with Crippen molar-refractivity contribution in [3.05, 3.63) is 52.6 Å². The van der Waals surface area contributed by atoms with Gasteiger partial charge in [0.15, 0.2) is 11.2 Å². The van der Waals surface area contributed by atoms with Gasteiger partial charge in [0.1, 0.15) is 0 Å². The van der Waals surface area contributed by atoms with Gasteiger partial charge in [0.25, 0.3) is 5.56 Å². The quantitative estimate of drug-likeness (QED) is 0.754. The van der Waals surface area contributed by atoms with E-state index >= 15 is 0 Å². The number of nitrogens with two attached hydrogens (primary N) is 1. The summed E-state index contributed by atoms with van der Waals surface area (Å²) in [6.07, 6.45) is 1.45. The lowest BCUT2D eigenvalue weighted by Gasteiger charge is -2.15. The first-order valence-corrected chi connectivity index (χ1v) is 6.41. The molecule has 0 aliphatic heterocycles. The number of imidazole rings is 1. The van der Waals surface area contributed by atoms with Gasteiger partial charge in [0.2, 0.25) is 5.95 Å². The number of hydrogen-bond donors (Lipinski definition) is 2. The average molecular weight is 269 g/mol. The fourth-order valence-electron chi connectivity index (χ4n) is 2.27. The number of aromatic amines is 1. The molecule has 0 radical (unpaired) electrons. The third-order valence-corrected chi connectivity index (χ3v) is 3.39. The Morgan fingerprint density at radius 2 is 2.10 bits per heavy atom. The van der Waals surface area contributed by atoms with Gasteiger partial charge in [-0.15, -0.1) is 0 Å². The highest BCUT2D eigenvalue weighted by Gasteiger charge is 2.14. The second-order valence-electron chi connectivity index (χ2n) is 4.80. The Hall–Kier alpha value is -2.63. The van der Waals surface area contributed by atoms with E-state index in [1.165, 1.54) is 10.9 Å². The van der Waals surface area contributed by atoms with E-state index in [2.05, 4.69) is 21.9 Å². The van der Waals surface area contributed by atoms with Gasteiger partial charge in [-0.2, -0.15) is 4.98 Å². The number of hydrogen-bond acceptors (Lipinski definition) is 4. The van der Waals surface area contributed by atoms with Crippen LogP contribution in [0.5, 0.6) is 0 Å². The Morgan fingerprint density at radius 1 is 1.35 bits per heavy atom. The first-order valence-electron chi connectivity index (χ1n) is 6.41. The number of H-pyrrole nitrogens is 1. The normalized spacial score (nSPS) is 12.7. The molecule has 3 rings (SSSR count). The van der Waals surface area contributed by atoms with Gasteiger partial charge in [-0.1, -0.05) is 37.3 Å². The molecule has 0 saturated carbocycles. The molecular formula is C14H15N5O. The van der Waals surface area contributed by atoms with Crippen LogP contribution in [0.15, 0.2) is 41.5 Å². The zero-order valence-electron chi connectivity index (χ0n) is 11.1. The number of fused-ring (bicyclic) bond motifs is 1. The van der Waals surface area contributed by atoms with Crippen molar-refractivity contribution in [3.8, 4) is 0 Å². The van der Waals surface area contributed by atoms with Crippen molar-refractivity contribution < 1.29 is 0 Å². The fourth-order valence-corrected chi connectivity index (χ4v) is 2.27. The van der Waals surface area contributed by atoms with Crippen LogP contribution in [-0.2, 0) is 6.54 Å². The molecule has 0 aliphatic rings. The molecule has 102 valence electrons.